The lowest BCUT2D eigenvalue weighted by Gasteiger charge is -2.09. The summed E-state index contributed by atoms with van der Waals surface area (Å²) in [6.07, 6.45) is 3.61. The van der Waals surface area contributed by atoms with Crippen LogP contribution in [0.4, 0.5) is 0 Å². The maximum Gasteiger partial charge on any atom is -0.0109 e. The summed E-state index contributed by atoms with van der Waals surface area (Å²) in [6, 6.07) is 30.9. The first-order valence-electron chi connectivity index (χ1n) is 9.10. The minimum atomic E-state index is 1.18. The Balaban J connectivity index is 1.70. The predicted octanol–water partition coefficient (Wildman–Crippen LogP) is 6.99. The standard InChI is InChI=1S/C25H20/c1-3-8-18-14-16-24(20(18)10-5-1)22-12-7-13-23(22)25-17-15-19-9-4-2-6-11-21(19)25/h1-6,8-11,14-17H,7,12-13H2. The summed E-state index contributed by atoms with van der Waals surface area (Å²) >= 11 is 0. The molecule has 0 aromatic heterocycles. The average Bonchev–Trinajstić information content (AvgIpc) is 3.25. The van der Waals surface area contributed by atoms with Gasteiger partial charge in [0.2, 0.25) is 0 Å². The first kappa shape index (κ1) is 14.5. The van der Waals surface area contributed by atoms with Crippen molar-refractivity contribution in [3.8, 4) is 22.3 Å². The van der Waals surface area contributed by atoms with Crippen molar-refractivity contribution in [2.24, 2.45) is 0 Å². The predicted molar refractivity (Wildman–Crippen MR) is 107 cm³/mol. The van der Waals surface area contributed by atoms with Gasteiger partial charge < -0.3 is 0 Å². The summed E-state index contributed by atoms with van der Waals surface area (Å²) in [5, 5.41) is 0. The molecule has 0 fully saturated rings. The van der Waals surface area contributed by atoms with Crippen molar-refractivity contribution < 1.29 is 0 Å². The quantitative estimate of drug-likeness (QED) is 0.373. The third kappa shape index (κ3) is 2.37. The molecule has 120 valence electrons. The van der Waals surface area contributed by atoms with E-state index in [4.69, 9.17) is 0 Å². The van der Waals surface area contributed by atoms with Gasteiger partial charge in [0, 0.05) is 0 Å². The molecule has 0 saturated carbocycles. The van der Waals surface area contributed by atoms with E-state index in [9.17, 15) is 0 Å². The van der Waals surface area contributed by atoms with Gasteiger partial charge in [-0.05, 0) is 63.8 Å². The summed E-state index contributed by atoms with van der Waals surface area (Å²) in [4.78, 5) is 0. The Kier molecular flexibility index (Phi) is 3.41. The second kappa shape index (κ2) is 5.89. The van der Waals surface area contributed by atoms with Crippen LogP contribution >= 0.6 is 0 Å². The summed E-state index contributed by atoms with van der Waals surface area (Å²) in [7, 11) is 0. The van der Waals surface area contributed by atoms with Gasteiger partial charge in [-0.1, -0.05) is 84.9 Å². The molecule has 0 heteroatoms. The van der Waals surface area contributed by atoms with Crippen LogP contribution in [0, 0.1) is 0 Å². The lowest BCUT2D eigenvalue weighted by molar-refractivity contribution is 0.942. The molecular weight excluding hydrogens is 300 g/mol. The molecule has 0 amide bonds. The Morgan fingerprint density at radius 2 is 0.880 bits per heavy atom. The van der Waals surface area contributed by atoms with Crippen molar-refractivity contribution in [1.82, 2.24) is 0 Å². The smallest absolute Gasteiger partial charge is 0.0109 e. The first-order chi connectivity index (χ1) is 12.4. The topological polar surface area (TPSA) is 0 Å². The van der Waals surface area contributed by atoms with Gasteiger partial charge in [-0.2, -0.15) is 0 Å². The molecule has 0 radical (unpaired) electrons. The molecule has 5 aliphatic carbocycles. The normalized spacial score (nSPS) is 14.6. The van der Waals surface area contributed by atoms with Crippen LogP contribution in [0.3, 0.4) is 0 Å². The molecule has 0 atom stereocenters. The second-order valence-corrected chi connectivity index (χ2v) is 6.86. The molecule has 0 nitrogen and oxygen atoms in total. The molecule has 0 bridgehead atoms. The molecule has 0 N–H and O–H groups in total. The van der Waals surface area contributed by atoms with Gasteiger partial charge in [0.05, 0.1) is 0 Å². The van der Waals surface area contributed by atoms with Crippen molar-refractivity contribution in [1.29, 1.82) is 0 Å². The van der Waals surface area contributed by atoms with Crippen molar-refractivity contribution in [2.75, 3.05) is 0 Å². The van der Waals surface area contributed by atoms with Crippen LogP contribution in [0.5, 0.6) is 0 Å². The van der Waals surface area contributed by atoms with E-state index < -0.39 is 0 Å². The average molecular weight is 320 g/mol. The SMILES string of the molecule is c1ccc2ccc(C3=C(c4ccc5cccccc4-5)CCC3)c-2cc1. The highest BCUT2D eigenvalue weighted by atomic mass is 14.3. The lowest BCUT2D eigenvalue weighted by Crippen LogP contribution is -1.86. The Labute approximate surface area is 149 Å². The second-order valence-electron chi connectivity index (χ2n) is 6.86. The van der Waals surface area contributed by atoms with E-state index in [1.807, 2.05) is 0 Å². The highest BCUT2D eigenvalue weighted by molar-refractivity contribution is 6.01. The zero-order valence-electron chi connectivity index (χ0n) is 14.2. The third-order valence-electron chi connectivity index (χ3n) is 5.45. The fraction of sp³-hybridized carbons (Fsp3) is 0.120. The minimum absolute atomic E-state index is 1.18. The summed E-state index contributed by atoms with van der Waals surface area (Å²) < 4.78 is 0. The summed E-state index contributed by atoms with van der Waals surface area (Å²) in [5.74, 6) is 0. The van der Waals surface area contributed by atoms with Crippen LogP contribution in [0.15, 0.2) is 84.9 Å². The van der Waals surface area contributed by atoms with Gasteiger partial charge in [0.1, 0.15) is 0 Å². The molecule has 0 unspecified atom stereocenters. The maximum atomic E-state index is 2.32. The van der Waals surface area contributed by atoms with E-state index in [0.29, 0.717) is 0 Å². The molecule has 0 saturated heterocycles. The van der Waals surface area contributed by atoms with Crippen LogP contribution in [0.2, 0.25) is 0 Å². The molecule has 5 rings (SSSR count). The highest BCUT2D eigenvalue weighted by Crippen LogP contribution is 2.46. The van der Waals surface area contributed by atoms with Crippen LogP contribution in [0.1, 0.15) is 30.4 Å². The molecule has 0 heterocycles. The molecular formula is C25H20. The number of hydrogen-bond acceptors (Lipinski definition) is 0. The number of allylic oxidation sites excluding steroid dienone is 2. The summed E-state index contributed by atoms with van der Waals surface area (Å²) in [6.45, 7) is 0. The van der Waals surface area contributed by atoms with E-state index in [-0.39, 0.29) is 0 Å². The van der Waals surface area contributed by atoms with Gasteiger partial charge in [0.25, 0.3) is 0 Å². The molecule has 0 spiro atoms. The summed E-state index contributed by atoms with van der Waals surface area (Å²) in [5.41, 5.74) is 11.3. The molecule has 0 aromatic carbocycles. The zero-order valence-corrected chi connectivity index (χ0v) is 14.2. The van der Waals surface area contributed by atoms with Crippen LogP contribution < -0.4 is 0 Å². The Hall–Kier alpha value is -2.86. The molecule has 5 aliphatic rings. The highest BCUT2D eigenvalue weighted by Gasteiger charge is 2.23. The van der Waals surface area contributed by atoms with Crippen LogP contribution in [-0.2, 0) is 0 Å². The Morgan fingerprint density at radius 3 is 1.40 bits per heavy atom. The first-order valence-corrected chi connectivity index (χ1v) is 9.10. The number of hydrogen-bond donors (Lipinski definition) is 0. The monoisotopic (exact) mass is 320 g/mol. The van der Waals surface area contributed by atoms with E-state index in [0.717, 1.165) is 0 Å². The van der Waals surface area contributed by atoms with Crippen molar-refractivity contribution in [3.05, 3.63) is 96.1 Å². The van der Waals surface area contributed by atoms with Crippen molar-refractivity contribution in [3.63, 3.8) is 0 Å². The van der Waals surface area contributed by atoms with E-state index in [2.05, 4.69) is 84.9 Å². The maximum absolute atomic E-state index is 2.32. The van der Waals surface area contributed by atoms with Crippen LogP contribution in [0.25, 0.3) is 33.4 Å². The van der Waals surface area contributed by atoms with Gasteiger partial charge in [-0.15, -0.1) is 0 Å². The van der Waals surface area contributed by atoms with E-state index >= 15 is 0 Å². The number of rotatable bonds is 2. The zero-order chi connectivity index (χ0) is 16.6. The van der Waals surface area contributed by atoms with Gasteiger partial charge in [-0.25, -0.2) is 0 Å². The van der Waals surface area contributed by atoms with Gasteiger partial charge in [-0.3, -0.25) is 0 Å². The Bertz CT molecular complexity index is 939. The van der Waals surface area contributed by atoms with Gasteiger partial charge >= 0.3 is 0 Å². The third-order valence-corrected chi connectivity index (χ3v) is 5.45. The Morgan fingerprint density at radius 1 is 0.400 bits per heavy atom. The molecule has 0 aliphatic heterocycles. The minimum Gasteiger partial charge on any atom is -0.0622 e. The fourth-order valence-corrected chi connectivity index (χ4v) is 4.29. The van der Waals surface area contributed by atoms with E-state index in [1.165, 1.54) is 52.6 Å². The fourth-order valence-electron chi connectivity index (χ4n) is 4.29. The van der Waals surface area contributed by atoms with E-state index in [1.54, 1.807) is 11.1 Å². The van der Waals surface area contributed by atoms with Crippen molar-refractivity contribution >= 4 is 11.1 Å². The largest absolute Gasteiger partial charge is 0.0622 e. The van der Waals surface area contributed by atoms with Crippen LogP contribution in [-0.4, -0.2) is 0 Å². The lowest BCUT2D eigenvalue weighted by atomic mass is 9.94. The van der Waals surface area contributed by atoms with Crippen molar-refractivity contribution in [2.45, 2.75) is 19.3 Å². The molecule has 0 aromatic rings. The van der Waals surface area contributed by atoms with Gasteiger partial charge in [0.15, 0.2) is 0 Å². The molecule has 25 heavy (non-hydrogen) atoms. The number of fused-ring (bicyclic) bond motifs is 2.